The van der Waals surface area contributed by atoms with Crippen molar-refractivity contribution in [2.24, 2.45) is 11.8 Å². The van der Waals surface area contributed by atoms with Crippen LogP contribution in [0.4, 0.5) is 11.4 Å². The lowest BCUT2D eigenvalue weighted by molar-refractivity contribution is -0.150. The Bertz CT molecular complexity index is 1510. The number of ether oxygens (including phenoxy) is 2. The van der Waals surface area contributed by atoms with Crippen LogP contribution < -0.4 is 20.3 Å². The number of likely N-dealkylation sites (tertiary alicyclic amines) is 1. The van der Waals surface area contributed by atoms with E-state index in [0.29, 0.717) is 35.8 Å². The minimum Gasteiger partial charge on any atom is -0.497 e. The van der Waals surface area contributed by atoms with Crippen LogP contribution in [0.15, 0.2) is 42.5 Å². The number of benzene rings is 2. The smallest absolute Gasteiger partial charge is 0.264 e. The molecule has 4 heterocycles. The first-order valence-corrected chi connectivity index (χ1v) is 19.9. The lowest BCUT2D eigenvalue weighted by atomic mass is 9.82. The highest BCUT2D eigenvalue weighted by molar-refractivity contribution is 6.71. The zero-order valence-corrected chi connectivity index (χ0v) is 28.8. The third-order valence-electron chi connectivity index (χ3n) is 10.7. The number of hydrogen-bond donors (Lipinski definition) is 4. The van der Waals surface area contributed by atoms with Crippen molar-refractivity contribution < 1.29 is 33.8 Å². The molecule has 0 bridgehead atoms. The summed E-state index contributed by atoms with van der Waals surface area (Å²) in [7, 11) is -1.40. The molecule has 0 aliphatic carbocycles. The van der Waals surface area contributed by atoms with E-state index < -0.39 is 31.5 Å². The van der Waals surface area contributed by atoms with Gasteiger partial charge in [0.05, 0.1) is 50.4 Å². The predicted octanol–water partition coefficient (Wildman–Crippen LogP) is 3.35. The van der Waals surface area contributed by atoms with Crippen LogP contribution in [0.3, 0.4) is 0 Å². The molecule has 1 spiro atoms. The van der Waals surface area contributed by atoms with E-state index in [1.54, 1.807) is 16.9 Å². The summed E-state index contributed by atoms with van der Waals surface area (Å²) in [4.78, 5) is 56.4. The second-order valence-electron chi connectivity index (χ2n) is 14.1. The van der Waals surface area contributed by atoms with E-state index in [0.717, 1.165) is 37.8 Å². The molecule has 254 valence electrons. The van der Waals surface area contributed by atoms with Gasteiger partial charge in [-0.15, -0.1) is 0 Å². The van der Waals surface area contributed by atoms with Gasteiger partial charge in [-0.05, 0) is 81.2 Å². The molecule has 3 amide bonds. The topological polar surface area (TPSA) is 141 Å². The van der Waals surface area contributed by atoms with Crippen LogP contribution in [0.25, 0.3) is 0 Å². The monoisotopic (exact) mass is 664 g/mol. The number of carbonyl (C=O) groups excluding carboxylic acids is 3. The van der Waals surface area contributed by atoms with Gasteiger partial charge >= 0.3 is 0 Å². The number of nitrogens with zero attached hydrogens (tertiary/aromatic N) is 2. The first kappa shape index (κ1) is 33.6. The Hall–Kier alpha value is -3.29. The van der Waals surface area contributed by atoms with Gasteiger partial charge in [-0.2, -0.15) is 0 Å². The largest absolute Gasteiger partial charge is 0.497 e. The van der Waals surface area contributed by atoms with Crippen molar-refractivity contribution in [1.82, 2.24) is 10.2 Å². The van der Waals surface area contributed by atoms with Gasteiger partial charge in [0.1, 0.15) is 5.75 Å². The maximum absolute atomic E-state index is 14.8. The summed E-state index contributed by atoms with van der Waals surface area (Å²) in [5.41, 5.74) is 1.04. The number of methoxy groups -OCH3 is 1. The fourth-order valence-corrected chi connectivity index (χ4v) is 11.0. The second-order valence-corrected chi connectivity index (χ2v) is 18.1. The number of rotatable bonds is 9. The Morgan fingerprint density at radius 2 is 1.98 bits per heavy atom. The SMILES string of the molecule is COc1ccc2c(c1)[C@]1(O[C@@H](CC(=O)N3CCC[C@H]3CO)[C@H]([Si](C)(C)O)[C@H]1C)C(=O)N2Cc1cccc(NC(=O)C2CCCNC2)c1. The quantitative estimate of drug-likeness (QED) is 0.300. The number of anilines is 2. The fraction of sp³-hybridized carbons (Fsp3) is 0.571. The summed E-state index contributed by atoms with van der Waals surface area (Å²) >= 11 is 0. The van der Waals surface area contributed by atoms with Crippen molar-refractivity contribution in [2.75, 3.05) is 43.6 Å². The Labute approximate surface area is 277 Å². The Morgan fingerprint density at radius 3 is 2.68 bits per heavy atom. The molecule has 3 fully saturated rings. The predicted molar refractivity (Wildman–Crippen MR) is 180 cm³/mol. The average molecular weight is 665 g/mol. The van der Waals surface area contributed by atoms with Gasteiger partial charge < -0.3 is 39.8 Å². The molecule has 1 unspecified atom stereocenters. The van der Waals surface area contributed by atoms with E-state index in [1.165, 1.54) is 0 Å². The van der Waals surface area contributed by atoms with Crippen LogP contribution in [0.2, 0.25) is 18.6 Å². The molecule has 6 atom stereocenters. The molecule has 2 aromatic carbocycles. The van der Waals surface area contributed by atoms with Crippen LogP contribution in [0, 0.1) is 11.8 Å². The molecule has 2 aromatic rings. The molecule has 12 heteroatoms. The third-order valence-corrected chi connectivity index (χ3v) is 13.2. The maximum Gasteiger partial charge on any atom is 0.264 e. The summed E-state index contributed by atoms with van der Waals surface area (Å²) in [5, 5.41) is 16.2. The highest BCUT2D eigenvalue weighted by Crippen LogP contribution is 2.60. The molecule has 0 saturated carbocycles. The molecule has 4 N–H and O–H groups in total. The van der Waals surface area contributed by atoms with Crippen molar-refractivity contribution in [2.45, 2.75) is 82.0 Å². The number of fused-ring (bicyclic) bond motifs is 2. The summed E-state index contributed by atoms with van der Waals surface area (Å²) in [6.07, 6.45) is 2.74. The molecular formula is C35H48N4O7Si. The Kier molecular flexibility index (Phi) is 9.52. The Morgan fingerprint density at radius 1 is 1.17 bits per heavy atom. The zero-order chi connectivity index (χ0) is 33.5. The fourth-order valence-electron chi connectivity index (χ4n) is 8.43. The molecule has 0 aromatic heterocycles. The van der Waals surface area contributed by atoms with Crippen molar-refractivity contribution in [1.29, 1.82) is 0 Å². The molecular weight excluding hydrogens is 616 g/mol. The van der Waals surface area contributed by atoms with Crippen molar-refractivity contribution in [3.8, 4) is 5.75 Å². The van der Waals surface area contributed by atoms with E-state index in [2.05, 4.69) is 10.6 Å². The highest BCUT2D eigenvalue weighted by atomic mass is 28.4. The molecule has 3 saturated heterocycles. The number of piperidine rings is 1. The van der Waals surface area contributed by atoms with Crippen LogP contribution in [0.1, 0.15) is 50.2 Å². The normalized spacial score (nSPS) is 29.0. The third kappa shape index (κ3) is 6.22. The number of aliphatic hydroxyl groups excluding tert-OH is 1. The van der Waals surface area contributed by atoms with Gasteiger partial charge in [-0.25, -0.2) is 0 Å². The van der Waals surface area contributed by atoms with Crippen molar-refractivity contribution in [3.63, 3.8) is 0 Å². The van der Waals surface area contributed by atoms with E-state index >= 15 is 0 Å². The molecule has 4 aliphatic rings. The van der Waals surface area contributed by atoms with E-state index in [1.807, 2.05) is 62.5 Å². The number of hydrogen-bond acceptors (Lipinski definition) is 8. The zero-order valence-electron chi connectivity index (χ0n) is 27.8. The number of amides is 3. The van der Waals surface area contributed by atoms with E-state index in [4.69, 9.17) is 9.47 Å². The molecule has 11 nitrogen and oxygen atoms in total. The molecule has 47 heavy (non-hydrogen) atoms. The van der Waals surface area contributed by atoms with Crippen LogP contribution in [-0.2, 0) is 31.3 Å². The van der Waals surface area contributed by atoms with Gasteiger partial charge in [0.15, 0.2) is 13.9 Å². The van der Waals surface area contributed by atoms with Gasteiger partial charge in [-0.3, -0.25) is 14.4 Å². The van der Waals surface area contributed by atoms with Crippen molar-refractivity contribution in [3.05, 3.63) is 53.6 Å². The van der Waals surface area contributed by atoms with Gasteiger partial charge in [0, 0.05) is 35.8 Å². The highest BCUT2D eigenvalue weighted by Gasteiger charge is 2.66. The number of aliphatic hydroxyl groups is 1. The standard InChI is InChI=1S/C35H48N4O7Si/c1-22-32(47(3,4)44)30(18-31(41)38-15-7-11-26(38)21-40)46-35(22)28-17-27(45-2)12-13-29(28)39(34(35)43)20-23-8-5-10-25(16-23)37-33(42)24-9-6-14-36-19-24/h5,8,10,12-13,16-17,22,24,26,30,32,36,40,44H,6-7,9,11,14-15,18-21H2,1-4H3,(H,37,42)/t22-,24?,26+,30+,32-,35+/m1/s1. The summed E-state index contributed by atoms with van der Waals surface area (Å²) < 4.78 is 12.5. The summed E-state index contributed by atoms with van der Waals surface area (Å²) in [6, 6.07) is 12.9. The van der Waals surface area contributed by atoms with E-state index in [-0.39, 0.29) is 49.3 Å². The summed E-state index contributed by atoms with van der Waals surface area (Å²) in [5.74, 6) is -0.328. The first-order chi connectivity index (χ1) is 22.5. The minimum absolute atomic E-state index is 0.0159. The van der Waals surface area contributed by atoms with Crippen molar-refractivity contribution >= 4 is 37.4 Å². The number of carbonyl (C=O) groups is 3. The maximum atomic E-state index is 14.8. The molecule has 4 aliphatic heterocycles. The minimum atomic E-state index is -2.97. The number of nitrogens with one attached hydrogen (secondary N) is 2. The first-order valence-electron chi connectivity index (χ1n) is 16.9. The molecule has 6 rings (SSSR count). The summed E-state index contributed by atoms with van der Waals surface area (Å²) in [6.45, 7) is 7.95. The van der Waals surface area contributed by atoms with Gasteiger partial charge in [-0.1, -0.05) is 19.1 Å². The second kappa shape index (κ2) is 13.3. The average Bonchev–Trinajstić information content (AvgIpc) is 3.72. The van der Waals surface area contributed by atoms with E-state index in [9.17, 15) is 24.3 Å². The molecule has 0 radical (unpaired) electrons. The lowest BCUT2D eigenvalue weighted by Gasteiger charge is -2.33. The van der Waals surface area contributed by atoms with Crippen LogP contribution >= 0.6 is 0 Å². The van der Waals surface area contributed by atoms with Gasteiger partial charge in [0.2, 0.25) is 11.8 Å². The van der Waals surface area contributed by atoms with Gasteiger partial charge in [0.25, 0.3) is 5.91 Å². The van der Waals surface area contributed by atoms with Crippen LogP contribution in [-0.4, -0.2) is 86.3 Å². The van der Waals surface area contributed by atoms with Crippen LogP contribution in [0.5, 0.6) is 5.75 Å². The lowest BCUT2D eigenvalue weighted by Crippen LogP contribution is -2.46. The Balaban J connectivity index is 1.31.